The molecule has 4 heterocycles. The zero-order valence-electron chi connectivity index (χ0n) is 23.1. The minimum atomic E-state index is 0.229. The third-order valence-electron chi connectivity index (χ3n) is 10.3. The molecule has 0 bridgehead atoms. The molecular formula is C30H47N7O. The summed E-state index contributed by atoms with van der Waals surface area (Å²) in [6.45, 7) is 7.12. The van der Waals surface area contributed by atoms with Gasteiger partial charge in [-0.05, 0) is 82.2 Å². The molecule has 1 spiro atoms. The van der Waals surface area contributed by atoms with Gasteiger partial charge in [-0.25, -0.2) is 9.97 Å². The van der Waals surface area contributed by atoms with Crippen LogP contribution in [0.25, 0.3) is 0 Å². The Bertz CT molecular complexity index is 948. The number of hydrogen-bond acceptors (Lipinski definition) is 5. The van der Waals surface area contributed by atoms with Crippen LogP contribution in [0.3, 0.4) is 0 Å². The lowest BCUT2D eigenvalue weighted by Gasteiger charge is -2.44. The first-order valence-electron chi connectivity index (χ1n) is 15.4. The van der Waals surface area contributed by atoms with Crippen LogP contribution in [0.1, 0.15) is 88.7 Å². The van der Waals surface area contributed by atoms with Gasteiger partial charge < -0.3 is 19.8 Å². The Morgan fingerprint density at radius 2 is 1.50 bits per heavy atom. The van der Waals surface area contributed by atoms with E-state index in [1.807, 2.05) is 24.8 Å². The topological polar surface area (TPSA) is 84.1 Å². The lowest BCUT2D eigenvalue weighted by Crippen LogP contribution is -2.47. The van der Waals surface area contributed by atoms with Crippen LogP contribution in [-0.4, -0.2) is 79.3 Å². The number of H-pyrrole nitrogens is 2. The number of likely N-dealkylation sites (tertiary alicyclic amines) is 2. The lowest BCUT2D eigenvalue weighted by atomic mass is 9.76. The largest absolute Gasteiger partial charge is 0.348 e. The van der Waals surface area contributed by atoms with Gasteiger partial charge in [0.15, 0.2) is 0 Å². The normalized spacial score (nSPS) is 26.9. The van der Waals surface area contributed by atoms with E-state index in [-0.39, 0.29) is 5.92 Å². The molecule has 38 heavy (non-hydrogen) atoms. The Hall–Kier alpha value is -2.19. The Labute approximate surface area is 228 Å². The van der Waals surface area contributed by atoms with Gasteiger partial charge in [-0.15, -0.1) is 0 Å². The number of carbonyl (C=O) groups is 1. The Morgan fingerprint density at radius 1 is 0.868 bits per heavy atom. The molecule has 0 radical (unpaired) electrons. The van der Waals surface area contributed by atoms with Crippen molar-refractivity contribution in [2.45, 2.75) is 96.2 Å². The molecule has 4 fully saturated rings. The van der Waals surface area contributed by atoms with Crippen LogP contribution < -0.4 is 0 Å². The fraction of sp³-hybridized carbons (Fsp3) is 0.767. The molecule has 2 N–H and O–H groups in total. The van der Waals surface area contributed by atoms with E-state index in [1.54, 1.807) is 0 Å². The Morgan fingerprint density at radius 3 is 2.11 bits per heavy atom. The van der Waals surface area contributed by atoms with E-state index in [9.17, 15) is 4.79 Å². The van der Waals surface area contributed by atoms with Crippen LogP contribution in [0.2, 0.25) is 0 Å². The third kappa shape index (κ3) is 6.17. The van der Waals surface area contributed by atoms with Gasteiger partial charge in [-0.2, -0.15) is 0 Å². The van der Waals surface area contributed by atoms with Crippen molar-refractivity contribution in [3.05, 3.63) is 36.4 Å². The number of aromatic nitrogens is 4. The average Bonchev–Trinajstić information content (AvgIpc) is 3.74. The first-order valence-corrected chi connectivity index (χ1v) is 15.4. The number of piperidine rings is 1. The number of nitrogens with zero attached hydrogens (tertiary/aromatic N) is 5. The third-order valence-corrected chi connectivity index (χ3v) is 10.3. The summed E-state index contributed by atoms with van der Waals surface area (Å²) in [5, 5.41) is 0. The van der Waals surface area contributed by atoms with Crippen LogP contribution >= 0.6 is 0 Å². The lowest BCUT2D eigenvalue weighted by molar-refractivity contribution is -0.136. The second-order valence-electron chi connectivity index (χ2n) is 12.8. The van der Waals surface area contributed by atoms with Crippen LogP contribution in [0.5, 0.6) is 0 Å². The second kappa shape index (κ2) is 11.9. The maximum absolute atomic E-state index is 13.6. The highest BCUT2D eigenvalue weighted by Crippen LogP contribution is 2.43. The van der Waals surface area contributed by atoms with Crippen molar-refractivity contribution in [3.8, 4) is 0 Å². The molecule has 208 valence electrons. The monoisotopic (exact) mass is 521 g/mol. The number of rotatable bonds is 8. The van der Waals surface area contributed by atoms with Crippen molar-refractivity contribution in [3.63, 3.8) is 0 Å². The van der Waals surface area contributed by atoms with Crippen molar-refractivity contribution < 1.29 is 4.79 Å². The number of nitrogens with one attached hydrogen (secondary N) is 2. The number of imidazole rings is 2. The van der Waals surface area contributed by atoms with Gasteiger partial charge in [-0.1, -0.05) is 19.3 Å². The molecule has 6 rings (SSSR count). The smallest absolute Gasteiger partial charge is 0.225 e. The number of amides is 1. The molecule has 0 unspecified atom stereocenters. The summed E-state index contributed by atoms with van der Waals surface area (Å²) >= 11 is 0. The van der Waals surface area contributed by atoms with E-state index in [2.05, 4.69) is 34.6 Å². The summed E-state index contributed by atoms with van der Waals surface area (Å²) in [6.07, 6.45) is 22.7. The van der Waals surface area contributed by atoms with Gasteiger partial charge in [0.2, 0.25) is 5.91 Å². The highest BCUT2D eigenvalue weighted by molar-refractivity contribution is 5.79. The van der Waals surface area contributed by atoms with Gasteiger partial charge in [0, 0.05) is 56.4 Å². The maximum Gasteiger partial charge on any atom is 0.225 e. The maximum atomic E-state index is 13.6. The predicted octanol–water partition coefficient (Wildman–Crippen LogP) is 4.59. The average molecular weight is 522 g/mol. The molecule has 2 aromatic rings. The summed E-state index contributed by atoms with van der Waals surface area (Å²) in [5.74, 6) is 3.30. The zero-order valence-corrected chi connectivity index (χ0v) is 23.1. The molecule has 1 amide bonds. The van der Waals surface area contributed by atoms with Crippen molar-refractivity contribution in [2.75, 3.05) is 32.7 Å². The highest BCUT2D eigenvalue weighted by atomic mass is 16.2. The number of hydrogen-bond donors (Lipinski definition) is 2. The minimum absolute atomic E-state index is 0.229. The summed E-state index contributed by atoms with van der Waals surface area (Å²) in [4.78, 5) is 36.4. The van der Waals surface area contributed by atoms with Crippen molar-refractivity contribution in [2.24, 2.45) is 17.3 Å². The highest BCUT2D eigenvalue weighted by Gasteiger charge is 2.44. The van der Waals surface area contributed by atoms with Crippen LogP contribution in [-0.2, 0) is 17.9 Å². The van der Waals surface area contributed by atoms with Crippen LogP contribution in [0.15, 0.2) is 24.8 Å². The first kappa shape index (κ1) is 26.1. The molecule has 2 aliphatic carbocycles. The van der Waals surface area contributed by atoms with Gasteiger partial charge >= 0.3 is 0 Å². The summed E-state index contributed by atoms with van der Waals surface area (Å²) < 4.78 is 0. The number of carbonyl (C=O) groups excluding carboxylic acids is 1. The van der Waals surface area contributed by atoms with Gasteiger partial charge in [0.05, 0.1) is 13.1 Å². The molecule has 0 aromatic carbocycles. The van der Waals surface area contributed by atoms with Gasteiger partial charge in [-0.3, -0.25) is 9.69 Å². The van der Waals surface area contributed by atoms with E-state index >= 15 is 0 Å². The first-order chi connectivity index (χ1) is 18.7. The Kier molecular flexibility index (Phi) is 8.16. The molecule has 2 saturated heterocycles. The molecule has 2 aliphatic heterocycles. The standard InChI is InChI=1S/C30H47N7O/c38-29(37-19-12-30(23-37)10-17-36(18-11-30)26-4-2-1-3-5-26)25-8-6-24(7-9-25)20-35(21-27-31-13-14-32-27)22-28-33-15-16-34-28/h13-16,24-26H,1-12,17-23H2,(H,31,32)(H,33,34)/t24-,25-. The SMILES string of the molecule is O=C([C@H]1CC[C@H](CN(Cc2ncc[nH]2)Cc2ncc[nH]2)CC1)N1CCC2(CCN(C3CCCCC3)CC2)C1. The zero-order chi connectivity index (χ0) is 25.8. The van der Waals surface area contributed by atoms with Crippen molar-refractivity contribution >= 4 is 5.91 Å². The molecular weight excluding hydrogens is 474 g/mol. The van der Waals surface area contributed by atoms with E-state index in [1.165, 1.54) is 64.5 Å². The molecule has 2 saturated carbocycles. The van der Waals surface area contributed by atoms with Crippen LogP contribution in [0.4, 0.5) is 0 Å². The minimum Gasteiger partial charge on any atom is -0.348 e. The summed E-state index contributed by atoms with van der Waals surface area (Å²) in [7, 11) is 0. The van der Waals surface area contributed by atoms with Crippen LogP contribution in [0, 0.1) is 17.3 Å². The van der Waals surface area contributed by atoms with Gasteiger partial charge in [0.25, 0.3) is 0 Å². The van der Waals surface area contributed by atoms with E-state index in [4.69, 9.17) is 0 Å². The molecule has 8 heteroatoms. The molecule has 4 aliphatic rings. The van der Waals surface area contributed by atoms with E-state index in [0.29, 0.717) is 17.2 Å². The Balaban J connectivity index is 0.967. The summed E-state index contributed by atoms with van der Waals surface area (Å²) in [6, 6.07) is 0.838. The van der Waals surface area contributed by atoms with E-state index < -0.39 is 0 Å². The second-order valence-corrected chi connectivity index (χ2v) is 12.8. The predicted molar refractivity (Wildman–Crippen MR) is 148 cm³/mol. The molecule has 0 atom stereocenters. The quantitative estimate of drug-likeness (QED) is 0.531. The number of aromatic amines is 2. The fourth-order valence-electron chi connectivity index (χ4n) is 7.93. The van der Waals surface area contributed by atoms with Gasteiger partial charge in [0.1, 0.15) is 11.6 Å². The van der Waals surface area contributed by atoms with E-state index in [0.717, 1.165) is 76.1 Å². The van der Waals surface area contributed by atoms with Crippen molar-refractivity contribution in [1.29, 1.82) is 0 Å². The van der Waals surface area contributed by atoms with Crippen molar-refractivity contribution in [1.82, 2.24) is 34.6 Å². The fourth-order valence-corrected chi connectivity index (χ4v) is 7.93. The summed E-state index contributed by atoms with van der Waals surface area (Å²) in [5.41, 5.74) is 0.399. The molecule has 8 nitrogen and oxygen atoms in total. The molecule has 2 aromatic heterocycles.